The quantitative estimate of drug-likeness (QED) is 0.541. The minimum Gasteiger partial charge on any atom is -0.452 e. The molecule has 0 radical (unpaired) electrons. The summed E-state index contributed by atoms with van der Waals surface area (Å²) in [6, 6.07) is 13.7. The van der Waals surface area contributed by atoms with Crippen LogP contribution in [-0.4, -0.2) is 30.3 Å². The molecule has 4 atom stereocenters. The molecule has 3 amide bonds. The number of nitrogens with one attached hydrogen (secondary N) is 1. The van der Waals surface area contributed by atoms with E-state index in [1.807, 2.05) is 12.1 Å². The number of imide groups is 1. The van der Waals surface area contributed by atoms with Crippen LogP contribution in [0.1, 0.15) is 42.1 Å². The number of anilines is 2. The second-order valence-electron chi connectivity index (χ2n) is 9.12. The van der Waals surface area contributed by atoms with Crippen molar-refractivity contribution < 1.29 is 23.9 Å². The molecule has 170 valence electrons. The number of hydrogen-bond acceptors (Lipinski definition) is 5. The van der Waals surface area contributed by atoms with Crippen molar-refractivity contribution in [2.45, 2.75) is 32.6 Å². The van der Waals surface area contributed by atoms with Gasteiger partial charge >= 0.3 is 5.97 Å². The van der Waals surface area contributed by atoms with Gasteiger partial charge in [-0.1, -0.05) is 19.1 Å². The third-order valence-corrected chi connectivity index (χ3v) is 7.27. The molecule has 7 heteroatoms. The van der Waals surface area contributed by atoms with E-state index in [1.54, 1.807) is 24.3 Å². The Morgan fingerprint density at radius 2 is 1.55 bits per heavy atom. The summed E-state index contributed by atoms with van der Waals surface area (Å²) in [5.74, 6) is -1.02. The molecular weight excluding hydrogens is 420 g/mol. The summed E-state index contributed by atoms with van der Waals surface area (Å²) < 4.78 is 5.11. The van der Waals surface area contributed by atoms with Crippen LogP contribution in [0.4, 0.5) is 11.4 Å². The zero-order chi connectivity index (χ0) is 23.1. The normalized spacial score (nSPS) is 25.3. The Kier molecular flexibility index (Phi) is 5.48. The molecule has 2 aliphatic carbocycles. The first-order chi connectivity index (χ1) is 16.0. The molecule has 0 unspecified atom stereocenters. The zero-order valence-corrected chi connectivity index (χ0v) is 18.5. The maximum absolute atomic E-state index is 12.9. The van der Waals surface area contributed by atoms with Gasteiger partial charge in [0.25, 0.3) is 5.91 Å². The van der Waals surface area contributed by atoms with Crippen LogP contribution in [0.25, 0.3) is 0 Å². The molecule has 1 saturated heterocycles. The van der Waals surface area contributed by atoms with Crippen molar-refractivity contribution in [1.82, 2.24) is 0 Å². The largest absolute Gasteiger partial charge is 0.452 e. The SMILES string of the molecule is CCc1ccc(NC(=O)COC(=O)c2ccc(N3C(=O)[C@@H]4[C@H]5CC[C@@H](C5)[C@@H]4C3=O)cc2)cc1. The van der Waals surface area contributed by atoms with E-state index >= 15 is 0 Å². The average molecular weight is 447 g/mol. The standard InChI is InChI=1S/C26H26N2O5/c1-2-15-3-9-19(10-4-15)27-21(29)14-33-26(32)16-7-11-20(12-8-16)28-24(30)22-17-5-6-18(13-17)23(22)25(28)31/h3-4,7-12,17-18,22-23H,2,5-6,13-14H2,1H3,(H,27,29)/t17-,18-,22-,23+/m0/s1. The monoisotopic (exact) mass is 446 g/mol. The molecule has 3 aliphatic rings. The number of hydrogen-bond donors (Lipinski definition) is 1. The Morgan fingerprint density at radius 3 is 2.12 bits per heavy atom. The van der Waals surface area contributed by atoms with Crippen molar-refractivity contribution in [1.29, 1.82) is 0 Å². The third-order valence-electron chi connectivity index (χ3n) is 7.27. The van der Waals surface area contributed by atoms with Gasteiger partial charge in [-0.15, -0.1) is 0 Å². The molecule has 1 N–H and O–H groups in total. The lowest BCUT2D eigenvalue weighted by atomic mass is 9.81. The topological polar surface area (TPSA) is 92.8 Å². The summed E-state index contributed by atoms with van der Waals surface area (Å²) in [4.78, 5) is 51.6. The molecular formula is C26H26N2O5. The first-order valence-corrected chi connectivity index (χ1v) is 11.5. The lowest BCUT2D eigenvalue weighted by Gasteiger charge is -2.19. The number of ether oxygens (including phenoxy) is 1. The minimum atomic E-state index is -0.646. The van der Waals surface area contributed by atoms with Crippen molar-refractivity contribution >= 4 is 35.1 Å². The number of carbonyl (C=O) groups excluding carboxylic acids is 4. The average Bonchev–Trinajstić information content (AvgIpc) is 3.52. The van der Waals surface area contributed by atoms with Gasteiger partial charge in [0, 0.05) is 5.69 Å². The summed E-state index contributed by atoms with van der Waals surface area (Å²) >= 11 is 0. The van der Waals surface area contributed by atoms with E-state index in [-0.39, 0.29) is 29.2 Å². The van der Waals surface area contributed by atoms with Crippen molar-refractivity contribution in [3.8, 4) is 0 Å². The van der Waals surface area contributed by atoms with E-state index in [1.165, 1.54) is 17.0 Å². The van der Waals surface area contributed by atoms with Crippen molar-refractivity contribution in [2.75, 3.05) is 16.8 Å². The Labute approximate surface area is 192 Å². The van der Waals surface area contributed by atoms with E-state index in [4.69, 9.17) is 4.74 Å². The lowest BCUT2D eigenvalue weighted by Crippen LogP contribution is -2.32. The number of aryl methyl sites for hydroxylation is 1. The maximum atomic E-state index is 12.9. The van der Waals surface area contributed by atoms with Crippen LogP contribution in [0.15, 0.2) is 48.5 Å². The summed E-state index contributed by atoms with van der Waals surface area (Å²) in [7, 11) is 0. The van der Waals surface area contributed by atoms with E-state index in [0.717, 1.165) is 31.2 Å². The fourth-order valence-electron chi connectivity index (χ4n) is 5.65. The molecule has 1 aliphatic heterocycles. The molecule has 7 nitrogen and oxygen atoms in total. The molecule has 2 aromatic rings. The van der Waals surface area contributed by atoms with Crippen LogP contribution in [0.2, 0.25) is 0 Å². The predicted octanol–water partition coefficient (Wildman–Crippen LogP) is 3.58. The van der Waals surface area contributed by atoms with Crippen LogP contribution in [0.3, 0.4) is 0 Å². The fraction of sp³-hybridized carbons (Fsp3) is 0.385. The van der Waals surface area contributed by atoms with Gasteiger partial charge in [-0.2, -0.15) is 0 Å². The Hall–Kier alpha value is -3.48. The number of fused-ring (bicyclic) bond motifs is 5. The highest BCUT2D eigenvalue weighted by atomic mass is 16.5. The van der Waals surface area contributed by atoms with Gasteiger partial charge in [-0.25, -0.2) is 4.79 Å². The first-order valence-electron chi connectivity index (χ1n) is 11.5. The summed E-state index contributed by atoms with van der Waals surface area (Å²) in [5.41, 5.74) is 2.52. The Bertz CT molecular complexity index is 1080. The number of benzene rings is 2. The molecule has 2 saturated carbocycles. The Morgan fingerprint density at radius 1 is 0.939 bits per heavy atom. The van der Waals surface area contributed by atoms with E-state index in [9.17, 15) is 19.2 Å². The second-order valence-corrected chi connectivity index (χ2v) is 9.12. The predicted molar refractivity (Wildman–Crippen MR) is 121 cm³/mol. The molecule has 0 spiro atoms. The van der Waals surface area contributed by atoms with E-state index < -0.39 is 18.5 Å². The maximum Gasteiger partial charge on any atom is 0.338 e. The highest BCUT2D eigenvalue weighted by Gasteiger charge is 2.61. The zero-order valence-electron chi connectivity index (χ0n) is 18.5. The van der Waals surface area contributed by atoms with Crippen LogP contribution in [-0.2, 0) is 25.5 Å². The fourth-order valence-corrected chi connectivity index (χ4v) is 5.65. The van der Waals surface area contributed by atoms with Crippen molar-refractivity contribution in [3.05, 3.63) is 59.7 Å². The number of nitrogens with zero attached hydrogens (tertiary/aromatic N) is 1. The number of amides is 3. The van der Waals surface area contributed by atoms with Gasteiger partial charge in [0.05, 0.1) is 23.1 Å². The number of carbonyl (C=O) groups is 4. The molecule has 3 fully saturated rings. The van der Waals surface area contributed by atoms with Crippen molar-refractivity contribution in [3.63, 3.8) is 0 Å². The van der Waals surface area contributed by atoms with Gasteiger partial charge in [0.15, 0.2) is 6.61 Å². The molecule has 2 aromatic carbocycles. The van der Waals surface area contributed by atoms with Crippen LogP contribution < -0.4 is 10.2 Å². The van der Waals surface area contributed by atoms with Gasteiger partial charge in [-0.05, 0) is 79.5 Å². The molecule has 2 bridgehead atoms. The summed E-state index contributed by atoms with van der Waals surface area (Å²) in [6.45, 7) is 1.64. The van der Waals surface area contributed by atoms with Crippen LogP contribution >= 0.6 is 0 Å². The van der Waals surface area contributed by atoms with Gasteiger partial charge < -0.3 is 10.1 Å². The molecule has 33 heavy (non-hydrogen) atoms. The van der Waals surface area contributed by atoms with Gasteiger partial charge in [0.2, 0.25) is 11.8 Å². The number of esters is 1. The first kappa shape index (κ1) is 21.4. The Balaban J connectivity index is 1.18. The van der Waals surface area contributed by atoms with Gasteiger partial charge in [-0.3, -0.25) is 19.3 Å². The van der Waals surface area contributed by atoms with Gasteiger partial charge in [0.1, 0.15) is 0 Å². The third kappa shape index (κ3) is 3.81. The highest BCUT2D eigenvalue weighted by molar-refractivity contribution is 6.22. The smallest absolute Gasteiger partial charge is 0.338 e. The molecule has 5 rings (SSSR count). The minimum absolute atomic E-state index is 0.115. The lowest BCUT2D eigenvalue weighted by molar-refractivity contribution is -0.123. The van der Waals surface area contributed by atoms with Crippen molar-refractivity contribution in [2.24, 2.45) is 23.7 Å². The van der Waals surface area contributed by atoms with Crippen LogP contribution in [0, 0.1) is 23.7 Å². The molecule has 0 aromatic heterocycles. The number of rotatable bonds is 6. The molecule has 1 heterocycles. The van der Waals surface area contributed by atoms with E-state index in [0.29, 0.717) is 23.2 Å². The van der Waals surface area contributed by atoms with E-state index in [2.05, 4.69) is 12.2 Å². The highest BCUT2D eigenvalue weighted by Crippen LogP contribution is 2.56. The summed E-state index contributed by atoms with van der Waals surface area (Å²) in [6.07, 6.45) is 3.96. The summed E-state index contributed by atoms with van der Waals surface area (Å²) in [5, 5.41) is 2.69. The van der Waals surface area contributed by atoms with Crippen LogP contribution in [0.5, 0.6) is 0 Å². The second kappa shape index (κ2) is 8.46.